The van der Waals surface area contributed by atoms with E-state index in [1.807, 2.05) is 22.7 Å². The Kier molecular flexibility index (Phi) is 2.60. The van der Waals surface area contributed by atoms with Gasteiger partial charge in [-0.05, 0) is 18.2 Å². The Morgan fingerprint density at radius 3 is 3.19 bits per heavy atom. The minimum Gasteiger partial charge on any atom is -0.336 e. The molecular weight excluding hydrogens is 270 g/mol. The highest BCUT2D eigenvalue weighted by atomic mass is 16.2. The molecule has 0 aromatic carbocycles. The number of urea groups is 1. The first kappa shape index (κ1) is 12.2. The zero-order valence-corrected chi connectivity index (χ0v) is 11.4. The van der Waals surface area contributed by atoms with Crippen LogP contribution in [0.15, 0.2) is 30.7 Å². The standard InChI is InChI=1S/C14H15N5O2/c20-13(12-6-10-2-1-3-18(10)9-16-12)17-4-5-19-11(8-17)7-15-14(19)21/h1-3,6,9,11H,4-5,7-8H2,(H,15,21). The highest BCUT2D eigenvalue weighted by molar-refractivity contribution is 5.93. The van der Waals surface area contributed by atoms with Gasteiger partial charge >= 0.3 is 6.03 Å². The van der Waals surface area contributed by atoms with Crippen molar-refractivity contribution >= 4 is 17.5 Å². The van der Waals surface area contributed by atoms with E-state index < -0.39 is 0 Å². The molecule has 2 fully saturated rings. The van der Waals surface area contributed by atoms with Crippen molar-refractivity contribution < 1.29 is 9.59 Å². The molecule has 7 heteroatoms. The van der Waals surface area contributed by atoms with Crippen molar-refractivity contribution in [1.82, 2.24) is 24.5 Å². The van der Waals surface area contributed by atoms with Crippen LogP contribution in [0.2, 0.25) is 0 Å². The quantitative estimate of drug-likeness (QED) is 0.813. The van der Waals surface area contributed by atoms with Crippen LogP contribution in [0, 0.1) is 0 Å². The van der Waals surface area contributed by atoms with E-state index in [-0.39, 0.29) is 18.0 Å². The molecule has 0 aliphatic carbocycles. The van der Waals surface area contributed by atoms with E-state index in [2.05, 4.69) is 10.3 Å². The lowest BCUT2D eigenvalue weighted by Gasteiger charge is -2.36. The van der Waals surface area contributed by atoms with Gasteiger partial charge in [-0.3, -0.25) is 4.79 Å². The summed E-state index contributed by atoms with van der Waals surface area (Å²) in [4.78, 5) is 31.9. The topological polar surface area (TPSA) is 70.0 Å². The van der Waals surface area contributed by atoms with Crippen LogP contribution in [0.4, 0.5) is 4.79 Å². The number of amides is 3. The Bertz CT molecular complexity index is 725. The SMILES string of the molecule is O=C(c1cc2cccn2cn1)N1CCN2C(=O)NCC2C1. The number of carbonyl (C=O) groups excluding carboxylic acids is 2. The van der Waals surface area contributed by atoms with Gasteiger partial charge in [-0.2, -0.15) is 0 Å². The minimum atomic E-state index is -0.0716. The summed E-state index contributed by atoms with van der Waals surface area (Å²) in [7, 11) is 0. The Labute approximate surface area is 121 Å². The van der Waals surface area contributed by atoms with Crippen LogP contribution in [0.1, 0.15) is 10.5 Å². The van der Waals surface area contributed by atoms with Crippen LogP contribution in [-0.4, -0.2) is 63.3 Å². The fourth-order valence-corrected chi connectivity index (χ4v) is 3.00. The van der Waals surface area contributed by atoms with Crippen molar-refractivity contribution in [3.63, 3.8) is 0 Å². The molecule has 2 saturated heterocycles. The Morgan fingerprint density at radius 1 is 1.38 bits per heavy atom. The first-order chi connectivity index (χ1) is 10.2. The molecule has 7 nitrogen and oxygen atoms in total. The van der Waals surface area contributed by atoms with E-state index in [0.717, 1.165) is 5.52 Å². The smallest absolute Gasteiger partial charge is 0.317 e. The molecule has 2 aliphatic rings. The van der Waals surface area contributed by atoms with Crippen LogP contribution in [0.25, 0.3) is 5.52 Å². The van der Waals surface area contributed by atoms with Gasteiger partial charge in [0.15, 0.2) is 0 Å². The van der Waals surface area contributed by atoms with Crippen molar-refractivity contribution in [3.8, 4) is 0 Å². The summed E-state index contributed by atoms with van der Waals surface area (Å²) in [5.41, 5.74) is 1.40. The maximum atomic E-state index is 12.6. The number of hydrogen-bond donors (Lipinski definition) is 1. The van der Waals surface area contributed by atoms with Crippen LogP contribution >= 0.6 is 0 Å². The van der Waals surface area contributed by atoms with Gasteiger partial charge in [0, 0.05) is 37.9 Å². The maximum Gasteiger partial charge on any atom is 0.317 e. The maximum absolute atomic E-state index is 12.6. The molecule has 3 amide bonds. The number of aromatic nitrogens is 2. The van der Waals surface area contributed by atoms with Gasteiger partial charge in [0.1, 0.15) is 5.69 Å². The molecule has 1 atom stereocenters. The third-order valence-electron chi connectivity index (χ3n) is 4.16. The average molecular weight is 285 g/mol. The van der Waals surface area contributed by atoms with Crippen molar-refractivity contribution in [2.45, 2.75) is 6.04 Å². The van der Waals surface area contributed by atoms with Gasteiger partial charge in [-0.1, -0.05) is 0 Å². The van der Waals surface area contributed by atoms with Crippen molar-refractivity contribution in [1.29, 1.82) is 0 Å². The molecule has 0 spiro atoms. The second-order valence-electron chi connectivity index (χ2n) is 5.40. The van der Waals surface area contributed by atoms with Crippen molar-refractivity contribution in [2.24, 2.45) is 0 Å². The molecule has 1 unspecified atom stereocenters. The Balaban J connectivity index is 1.56. The molecule has 1 N–H and O–H groups in total. The molecule has 2 aromatic heterocycles. The van der Waals surface area contributed by atoms with Gasteiger partial charge in [0.25, 0.3) is 5.91 Å². The summed E-state index contributed by atoms with van der Waals surface area (Å²) in [6.07, 6.45) is 3.55. The predicted octanol–water partition coefficient (Wildman–Crippen LogP) is 0.184. The van der Waals surface area contributed by atoms with Gasteiger partial charge in [0.05, 0.1) is 12.4 Å². The Hall–Kier alpha value is -2.57. The first-order valence-corrected chi connectivity index (χ1v) is 6.99. The third kappa shape index (κ3) is 1.93. The molecule has 4 rings (SSSR count). The average Bonchev–Trinajstić information content (AvgIpc) is 3.12. The molecule has 0 saturated carbocycles. The normalized spacial score (nSPS) is 21.5. The number of nitrogens with zero attached hydrogens (tertiary/aromatic N) is 4. The number of nitrogens with one attached hydrogen (secondary N) is 1. The van der Waals surface area contributed by atoms with Gasteiger partial charge < -0.3 is 19.5 Å². The summed E-state index contributed by atoms with van der Waals surface area (Å²) in [5, 5.41) is 2.81. The lowest BCUT2D eigenvalue weighted by Crippen LogP contribution is -2.53. The number of hydrogen-bond acceptors (Lipinski definition) is 3. The largest absolute Gasteiger partial charge is 0.336 e. The van der Waals surface area contributed by atoms with E-state index in [1.54, 1.807) is 22.2 Å². The molecule has 4 heterocycles. The number of piperazine rings is 1. The highest BCUT2D eigenvalue weighted by Crippen LogP contribution is 2.16. The number of fused-ring (bicyclic) bond motifs is 2. The second-order valence-corrected chi connectivity index (χ2v) is 5.40. The van der Waals surface area contributed by atoms with Crippen molar-refractivity contribution in [3.05, 3.63) is 36.4 Å². The minimum absolute atomic E-state index is 0.0279. The fourth-order valence-electron chi connectivity index (χ4n) is 3.00. The van der Waals surface area contributed by atoms with E-state index in [1.165, 1.54) is 0 Å². The van der Waals surface area contributed by atoms with E-state index >= 15 is 0 Å². The monoisotopic (exact) mass is 285 g/mol. The van der Waals surface area contributed by atoms with Crippen LogP contribution < -0.4 is 5.32 Å². The summed E-state index contributed by atoms with van der Waals surface area (Å²) < 4.78 is 1.87. The zero-order chi connectivity index (χ0) is 14.4. The zero-order valence-electron chi connectivity index (χ0n) is 11.4. The number of carbonyl (C=O) groups is 2. The summed E-state index contributed by atoms with van der Waals surface area (Å²) in [5.74, 6) is -0.0716. The third-order valence-corrected chi connectivity index (χ3v) is 4.16. The summed E-state index contributed by atoms with van der Waals surface area (Å²) >= 11 is 0. The molecule has 2 aliphatic heterocycles. The molecule has 21 heavy (non-hydrogen) atoms. The molecule has 2 aromatic rings. The fraction of sp³-hybridized carbons (Fsp3) is 0.357. The molecule has 108 valence electrons. The molecule has 0 radical (unpaired) electrons. The second kappa shape index (κ2) is 4.47. The van der Waals surface area contributed by atoms with Gasteiger partial charge in [-0.25, -0.2) is 9.78 Å². The Morgan fingerprint density at radius 2 is 2.29 bits per heavy atom. The summed E-state index contributed by atoms with van der Waals surface area (Å²) in [6.45, 7) is 2.30. The van der Waals surface area contributed by atoms with E-state index in [4.69, 9.17) is 0 Å². The lowest BCUT2D eigenvalue weighted by molar-refractivity contribution is 0.0611. The van der Waals surface area contributed by atoms with Gasteiger partial charge in [-0.15, -0.1) is 0 Å². The predicted molar refractivity (Wildman–Crippen MR) is 75.0 cm³/mol. The van der Waals surface area contributed by atoms with E-state index in [0.29, 0.717) is 31.9 Å². The van der Waals surface area contributed by atoms with Crippen LogP contribution in [-0.2, 0) is 0 Å². The number of rotatable bonds is 1. The highest BCUT2D eigenvalue weighted by Gasteiger charge is 2.37. The van der Waals surface area contributed by atoms with Gasteiger partial charge in [0.2, 0.25) is 0 Å². The van der Waals surface area contributed by atoms with E-state index in [9.17, 15) is 9.59 Å². The summed E-state index contributed by atoms with van der Waals surface area (Å²) in [6, 6.07) is 5.70. The first-order valence-electron chi connectivity index (χ1n) is 6.99. The van der Waals surface area contributed by atoms with Crippen molar-refractivity contribution in [2.75, 3.05) is 26.2 Å². The van der Waals surface area contributed by atoms with Crippen LogP contribution in [0.3, 0.4) is 0 Å². The molecular formula is C14H15N5O2. The molecule has 0 bridgehead atoms. The van der Waals surface area contributed by atoms with Crippen LogP contribution in [0.5, 0.6) is 0 Å². The lowest BCUT2D eigenvalue weighted by atomic mass is 10.2.